The summed E-state index contributed by atoms with van der Waals surface area (Å²) in [5.41, 5.74) is 5.00. The van der Waals surface area contributed by atoms with E-state index >= 15 is 0 Å². The highest BCUT2D eigenvalue weighted by molar-refractivity contribution is 9.13. The molecule has 0 aliphatic carbocycles. The van der Waals surface area contributed by atoms with Crippen LogP contribution in [0.25, 0.3) is 0 Å². The van der Waals surface area contributed by atoms with E-state index in [2.05, 4.69) is 36.8 Å². The SMILES string of the molecule is N[C@@H](c1ccnc(Br)c1Br)C(F)(F)F. The van der Waals surface area contributed by atoms with E-state index in [0.717, 1.165) is 0 Å². The Hall–Kier alpha value is -0.140. The highest BCUT2D eigenvalue weighted by atomic mass is 79.9. The fraction of sp³-hybridized carbons (Fsp3) is 0.286. The largest absolute Gasteiger partial charge is 0.407 e. The van der Waals surface area contributed by atoms with E-state index in [0.29, 0.717) is 4.60 Å². The Morgan fingerprint density at radius 3 is 2.43 bits per heavy atom. The van der Waals surface area contributed by atoms with Crippen LogP contribution in [0.3, 0.4) is 0 Å². The number of nitrogens with zero attached hydrogens (tertiary/aromatic N) is 1. The average molecular weight is 334 g/mol. The molecule has 14 heavy (non-hydrogen) atoms. The molecule has 0 radical (unpaired) electrons. The van der Waals surface area contributed by atoms with Crippen LogP contribution in [-0.4, -0.2) is 11.2 Å². The summed E-state index contributed by atoms with van der Waals surface area (Å²) in [6, 6.07) is -0.774. The predicted octanol–water partition coefficient (Wildman–Crippen LogP) is 3.17. The molecule has 0 aromatic carbocycles. The molecule has 1 aromatic heterocycles. The first-order chi connectivity index (χ1) is 6.34. The third kappa shape index (κ3) is 2.46. The summed E-state index contributed by atoms with van der Waals surface area (Å²) in [5, 5.41) is 0. The number of nitrogens with two attached hydrogens (primary N) is 1. The van der Waals surface area contributed by atoms with E-state index < -0.39 is 12.2 Å². The van der Waals surface area contributed by atoms with Crippen LogP contribution >= 0.6 is 31.9 Å². The van der Waals surface area contributed by atoms with Crippen molar-refractivity contribution in [2.75, 3.05) is 0 Å². The molecular formula is C7H5Br2F3N2. The van der Waals surface area contributed by atoms with Gasteiger partial charge in [0.15, 0.2) is 0 Å². The van der Waals surface area contributed by atoms with Crippen molar-refractivity contribution in [1.29, 1.82) is 0 Å². The maximum absolute atomic E-state index is 12.3. The van der Waals surface area contributed by atoms with Gasteiger partial charge < -0.3 is 5.73 Å². The Morgan fingerprint density at radius 1 is 1.36 bits per heavy atom. The Balaban J connectivity index is 3.14. The van der Waals surface area contributed by atoms with Gasteiger partial charge in [-0.3, -0.25) is 0 Å². The Labute approximate surface area is 95.0 Å². The number of halogens is 5. The summed E-state index contributed by atoms with van der Waals surface area (Å²) < 4.78 is 37.3. The minimum atomic E-state index is -4.46. The van der Waals surface area contributed by atoms with Crippen LogP contribution in [0, 0.1) is 0 Å². The third-order valence-corrected chi connectivity index (χ3v) is 3.53. The van der Waals surface area contributed by atoms with Gasteiger partial charge in [0.25, 0.3) is 0 Å². The summed E-state index contributed by atoms with van der Waals surface area (Å²) in [6.45, 7) is 0. The molecule has 0 amide bonds. The van der Waals surface area contributed by atoms with E-state index in [-0.39, 0.29) is 10.0 Å². The van der Waals surface area contributed by atoms with Crippen LogP contribution < -0.4 is 5.73 Å². The molecular weight excluding hydrogens is 329 g/mol. The first-order valence-corrected chi connectivity index (χ1v) is 5.05. The maximum Gasteiger partial charge on any atom is 0.407 e. The van der Waals surface area contributed by atoms with Crippen LogP contribution in [0.4, 0.5) is 13.2 Å². The molecule has 2 N–H and O–H groups in total. The second-order valence-electron chi connectivity index (χ2n) is 2.52. The summed E-state index contributed by atoms with van der Waals surface area (Å²) in [7, 11) is 0. The second kappa shape index (κ2) is 4.16. The summed E-state index contributed by atoms with van der Waals surface area (Å²) in [4.78, 5) is 3.75. The molecule has 0 bridgehead atoms. The highest BCUT2D eigenvalue weighted by Gasteiger charge is 2.39. The molecule has 0 unspecified atom stereocenters. The molecule has 7 heteroatoms. The molecule has 78 valence electrons. The van der Waals surface area contributed by atoms with Crippen molar-refractivity contribution in [1.82, 2.24) is 4.98 Å². The maximum atomic E-state index is 12.3. The molecule has 0 aliphatic rings. The Morgan fingerprint density at radius 2 is 1.93 bits per heavy atom. The van der Waals surface area contributed by atoms with Gasteiger partial charge >= 0.3 is 6.18 Å². The first kappa shape index (κ1) is 11.9. The van der Waals surface area contributed by atoms with E-state index in [1.807, 2.05) is 0 Å². The van der Waals surface area contributed by atoms with E-state index in [1.165, 1.54) is 12.3 Å². The lowest BCUT2D eigenvalue weighted by atomic mass is 10.1. The standard InChI is InChI=1S/C7H5Br2F3N2/c8-4-3(1-2-14-6(4)9)5(13)7(10,11)12/h1-2,5H,13H2/t5-/m0/s1. The van der Waals surface area contributed by atoms with Crippen LogP contribution in [0.15, 0.2) is 21.3 Å². The van der Waals surface area contributed by atoms with Crippen molar-refractivity contribution < 1.29 is 13.2 Å². The molecule has 0 aliphatic heterocycles. The number of alkyl halides is 3. The lowest BCUT2D eigenvalue weighted by molar-refractivity contribution is -0.149. The average Bonchev–Trinajstić information content (AvgIpc) is 2.07. The fourth-order valence-corrected chi connectivity index (χ4v) is 1.68. The molecule has 2 nitrogen and oxygen atoms in total. The van der Waals surface area contributed by atoms with Crippen LogP contribution in [0.1, 0.15) is 11.6 Å². The van der Waals surface area contributed by atoms with Gasteiger partial charge in [-0.1, -0.05) is 0 Å². The van der Waals surface area contributed by atoms with Crippen LogP contribution in [-0.2, 0) is 0 Å². The lowest BCUT2D eigenvalue weighted by Gasteiger charge is -2.17. The molecule has 1 rings (SSSR count). The summed E-state index contributed by atoms with van der Waals surface area (Å²) >= 11 is 5.98. The molecule has 1 heterocycles. The molecule has 0 fully saturated rings. The minimum Gasteiger partial charge on any atom is -0.316 e. The second-order valence-corrected chi connectivity index (χ2v) is 4.07. The van der Waals surface area contributed by atoms with E-state index in [9.17, 15) is 13.2 Å². The van der Waals surface area contributed by atoms with Crippen LogP contribution in [0.2, 0.25) is 0 Å². The van der Waals surface area contributed by atoms with Gasteiger partial charge in [-0.25, -0.2) is 4.98 Å². The van der Waals surface area contributed by atoms with E-state index in [1.54, 1.807) is 0 Å². The fourth-order valence-electron chi connectivity index (χ4n) is 0.848. The van der Waals surface area contributed by atoms with Gasteiger partial charge in [-0.05, 0) is 43.5 Å². The van der Waals surface area contributed by atoms with Gasteiger partial charge in [0.2, 0.25) is 0 Å². The lowest BCUT2D eigenvalue weighted by Crippen LogP contribution is -2.28. The number of pyridine rings is 1. The van der Waals surface area contributed by atoms with Crippen molar-refractivity contribution in [2.45, 2.75) is 12.2 Å². The zero-order valence-electron chi connectivity index (χ0n) is 6.65. The normalized spacial score (nSPS) is 14.1. The topological polar surface area (TPSA) is 38.9 Å². The van der Waals surface area contributed by atoms with Crippen molar-refractivity contribution in [2.24, 2.45) is 5.73 Å². The van der Waals surface area contributed by atoms with Gasteiger partial charge in [0, 0.05) is 6.20 Å². The number of hydrogen-bond donors (Lipinski definition) is 1. The van der Waals surface area contributed by atoms with Crippen LogP contribution in [0.5, 0.6) is 0 Å². The molecule has 1 atom stereocenters. The Kier molecular flexibility index (Phi) is 3.54. The van der Waals surface area contributed by atoms with Crippen molar-refractivity contribution >= 4 is 31.9 Å². The van der Waals surface area contributed by atoms with Crippen molar-refractivity contribution in [3.8, 4) is 0 Å². The predicted molar refractivity (Wildman–Crippen MR) is 52.6 cm³/mol. The summed E-state index contributed by atoms with van der Waals surface area (Å²) in [6.07, 6.45) is -3.20. The number of rotatable bonds is 1. The first-order valence-electron chi connectivity index (χ1n) is 3.46. The molecule has 0 saturated heterocycles. The monoisotopic (exact) mass is 332 g/mol. The zero-order valence-corrected chi connectivity index (χ0v) is 9.82. The molecule has 0 spiro atoms. The Bertz CT molecular complexity index is 340. The minimum absolute atomic E-state index is 0.0422. The van der Waals surface area contributed by atoms with Crippen molar-refractivity contribution in [3.63, 3.8) is 0 Å². The van der Waals surface area contributed by atoms with Gasteiger partial charge in [-0.2, -0.15) is 13.2 Å². The highest BCUT2D eigenvalue weighted by Crippen LogP contribution is 2.36. The zero-order chi connectivity index (χ0) is 10.9. The number of aromatic nitrogens is 1. The molecule has 0 saturated carbocycles. The molecule has 1 aromatic rings. The van der Waals surface area contributed by atoms with Gasteiger partial charge in [0.1, 0.15) is 10.6 Å². The van der Waals surface area contributed by atoms with Gasteiger partial charge in [0.05, 0.1) is 4.47 Å². The third-order valence-electron chi connectivity index (χ3n) is 1.56. The van der Waals surface area contributed by atoms with Gasteiger partial charge in [-0.15, -0.1) is 0 Å². The number of hydrogen-bond acceptors (Lipinski definition) is 2. The quantitative estimate of drug-likeness (QED) is 0.802. The van der Waals surface area contributed by atoms with E-state index in [4.69, 9.17) is 5.73 Å². The van der Waals surface area contributed by atoms with Crippen molar-refractivity contribution in [3.05, 3.63) is 26.9 Å². The smallest absolute Gasteiger partial charge is 0.316 e. The summed E-state index contributed by atoms with van der Waals surface area (Å²) in [5.74, 6) is 0.